The highest BCUT2D eigenvalue weighted by Gasteiger charge is 2.13. The van der Waals surface area contributed by atoms with Gasteiger partial charge in [0.1, 0.15) is 5.69 Å². The van der Waals surface area contributed by atoms with Gasteiger partial charge in [0.15, 0.2) is 11.3 Å². The van der Waals surface area contributed by atoms with Gasteiger partial charge < -0.3 is 19.4 Å². The van der Waals surface area contributed by atoms with E-state index in [4.69, 9.17) is 19.4 Å². The number of methoxy groups -OCH3 is 1. The normalized spacial score (nSPS) is 10.9. The summed E-state index contributed by atoms with van der Waals surface area (Å²) in [6.07, 6.45) is 0. The first-order chi connectivity index (χ1) is 8.67. The summed E-state index contributed by atoms with van der Waals surface area (Å²) in [4.78, 5) is 10.9. The van der Waals surface area contributed by atoms with Crippen molar-refractivity contribution in [1.29, 1.82) is 0 Å². The first-order valence-corrected chi connectivity index (χ1v) is 5.83. The van der Waals surface area contributed by atoms with E-state index in [2.05, 4.69) is 5.16 Å². The van der Waals surface area contributed by atoms with Crippen LogP contribution >= 0.6 is 11.3 Å². The summed E-state index contributed by atoms with van der Waals surface area (Å²) in [5, 5.41) is 3.82. The molecule has 0 saturated heterocycles. The highest BCUT2D eigenvalue weighted by molar-refractivity contribution is 7.16. The van der Waals surface area contributed by atoms with Crippen LogP contribution in [0.3, 0.4) is 0 Å². The molecule has 0 saturated carbocycles. The number of benzene rings is 1. The Morgan fingerprint density at radius 2 is 2.22 bits per heavy atom. The Bertz CT molecular complexity index is 771. The maximum atomic E-state index is 11.3. The number of nitrogens with zero attached hydrogens (tertiary/aromatic N) is 1. The molecule has 0 unspecified atom stereocenters. The minimum atomic E-state index is -0.375. The molecular formula is C11H8N2O4S. The van der Waals surface area contributed by atoms with Crippen molar-refractivity contribution in [2.75, 3.05) is 12.8 Å². The van der Waals surface area contributed by atoms with Gasteiger partial charge in [-0.25, -0.2) is 4.79 Å². The summed E-state index contributed by atoms with van der Waals surface area (Å²) in [5.74, 6) is 0.701. The summed E-state index contributed by atoms with van der Waals surface area (Å²) >= 11 is 1.01. The number of anilines is 1. The topological polar surface area (TPSA) is 91.5 Å². The van der Waals surface area contributed by atoms with Gasteiger partial charge in [0, 0.05) is 11.6 Å². The van der Waals surface area contributed by atoms with Crippen LogP contribution in [0, 0.1) is 0 Å². The molecular weight excluding hydrogens is 256 g/mol. The van der Waals surface area contributed by atoms with Gasteiger partial charge in [0.25, 0.3) is 0 Å². The number of nitrogens with two attached hydrogens (primary N) is 1. The van der Waals surface area contributed by atoms with E-state index < -0.39 is 0 Å². The molecule has 6 nitrogen and oxygen atoms in total. The molecule has 2 heterocycles. The molecule has 0 atom stereocenters. The lowest BCUT2D eigenvalue weighted by molar-refractivity contribution is 0.408. The fraction of sp³-hybridized carbons (Fsp3) is 0.0909. The fourth-order valence-corrected chi connectivity index (χ4v) is 2.40. The second-order valence-electron chi connectivity index (χ2n) is 3.57. The van der Waals surface area contributed by atoms with Crippen molar-refractivity contribution >= 4 is 27.5 Å². The third-order valence-corrected chi connectivity index (χ3v) is 3.22. The molecule has 7 heteroatoms. The van der Waals surface area contributed by atoms with Crippen molar-refractivity contribution in [3.8, 4) is 17.0 Å². The van der Waals surface area contributed by atoms with E-state index in [9.17, 15) is 4.79 Å². The second kappa shape index (κ2) is 3.88. The third kappa shape index (κ3) is 1.65. The Balaban J connectivity index is 2.27. The van der Waals surface area contributed by atoms with Crippen molar-refractivity contribution in [2.45, 2.75) is 0 Å². The Hall–Kier alpha value is -2.28. The highest BCUT2D eigenvalue weighted by Crippen LogP contribution is 2.33. The lowest BCUT2D eigenvalue weighted by Gasteiger charge is -2.02. The predicted molar refractivity (Wildman–Crippen MR) is 66.8 cm³/mol. The molecule has 0 radical (unpaired) electrons. The number of rotatable bonds is 2. The predicted octanol–water partition coefficient (Wildman–Crippen LogP) is 2.10. The molecule has 18 heavy (non-hydrogen) atoms. The lowest BCUT2D eigenvalue weighted by atomic mass is 10.1. The van der Waals surface area contributed by atoms with Crippen LogP contribution in [0.25, 0.3) is 21.5 Å². The number of aromatic nitrogens is 1. The Morgan fingerprint density at radius 3 is 2.89 bits per heavy atom. The molecule has 0 aliphatic heterocycles. The molecule has 3 aromatic rings. The number of hydrogen-bond acceptors (Lipinski definition) is 7. The van der Waals surface area contributed by atoms with E-state index in [1.54, 1.807) is 18.2 Å². The summed E-state index contributed by atoms with van der Waals surface area (Å²) in [6.45, 7) is 0. The minimum absolute atomic E-state index is 0.226. The van der Waals surface area contributed by atoms with Crippen LogP contribution in [0.15, 0.2) is 31.9 Å². The van der Waals surface area contributed by atoms with E-state index in [0.29, 0.717) is 21.7 Å². The Kier molecular flexibility index (Phi) is 2.34. The molecule has 3 rings (SSSR count). The SMILES string of the molecule is COc1cc(-c2cc(N)on2)cc2sc(=O)oc12. The monoisotopic (exact) mass is 264 g/mol. The fourth-order valence-electron chi connectivity index (χ4n) is 1.67. The number of ether oxygens (including phenoxy) is 1. The number of hydrogen-bond donors (Lipinski definition) is 1. The van der Waals surface area contributed by atoms with Crippen LogP contribution in [-0.4, -0.2) is 12.3 Å². The van der Waals surface area contributed by atoms with Crippen LogP contribution < -0.4 is 15.4 Å². The molecule has 0 fully saturated rings. The van der Waals surface area contributed by atoms with Crippen LogP contribution in [0.4, 0.5) is 5.88 Å². The molecule has 1 aromatic carbocycles. The lowest BCUT2D eigenvalue weighted by Crippen LogP contribution is -1.86. The van der Waals surface area contributed by atoms with Crippen molar-refractivity contribution in [3.05, 3.63) is 27.9 Å². The van der Waals surface area contributed by atoms with Gasteiger partial charge in [-0.2, -0.15) is 0 Å². The summed E-state index contributed by atoms with van der Waals surface area (Å²) < 4.78 is 15.8. The van der Waals surface area contributed by atoms with Crippen LogP contribution in [0.2, 0.25) is 0 Å². The highest BCUT2D eigenvalue weighted by atomic mass is 32.1. The van der Waals surface area contributed by atoms with Crippen molar-refractivity contribution < 1.29 is 13.7 Å². The zero-order valence-electron chi connectivity index (χ0n) is 9.30. The first kappa shape index (κ1) is 10.8. The molecule has 0 aliphatic rings. The first-order valence-electron chi connectivity index (χ1n) is 5.01. The maximum Gasteiger partial charge on any atom is 0.396 e. The van der Waals surface area contributed by atoms with Crippen LogP contribution in [0.1, 0.15) is 0 Å². The van der Waals surface area contributed by atoms with Gasteiger partial charge in [-0.1, -0.05) is 16.5 Å². The quantitative estimate of drug-likeness (QED) is 0.762. The average Bonchev–Trinajstić information content (AvgIpc) is 2.92. The van der Waals surface area contributed by atoms with E-state index in [1.807, 2.05) is 0 Å². The van der Waals surface area contributed by atoms with E-state index >= 15 is 0 Å². The van der Waals surface area contributed by atoms with Gasteiger partial charge in [0.2, 0.25) is 5.88 Å². The Morgan fingerprint density at radius 1 is 1.39 bits per heavy atom. The van der Waals surface area contributed by atoms with E-state index in [-0.39, 0.29) is 10.8 Å². The zero-order valence-corrected chi connectivity index (χ0v) is 10.1. The van der Waals surface area contributed by atoms with Crippen LogP contribution in [0.5, 0.6) is 5.75 Å². The van der Waals surface area contributed by atoms with Gasteiger partial charge >= 0.3 is 4.94 Å². The largest absolute Gasteiger partial charge is 0.493 e. The molecule has 92 valence electrons. The molecule has 0 amide bonds. The van der Waals surface area contributed by atoms with Crippen molar-refractivity contribution in [3.63, 3.8) is 0 Å². The van der Waals surface area contributed by atoms with Crippen molar-refractivity contribution in [2.24, 2.45) is 0 Å². The van der Waals surface area contributed by atoms with Crippen molar-refractivity contribution in [1.82, 2.24) is 5.16 Å². The summed E-state index contributed by atoms with van der Waals surface area (Å²) in [7, 11) is 1.51. The number of fused-ring (bicyclic) bond motifs is 1. The van der Waals surface area contributed by atoms with Gasteiger partial charge in [-0.05, 0) is 12.1 Å². The standard InChI is InChI=1S/C11H8N2O4S/c1-15-7-2-5(6-4-9(12)17-13-6)3-8-10(7)16-11(14)18-8/h2-4H,12H2,1H3. The average molecular weight is 264 g/mol. The molecule has 2 aromatic heterocycles. The smallest absolute Gasteiger partial charge is 0.396 e. The Labute approximate surface area is 105 Å². The number of nitrogen functional groups attached to an aromatic ring is 1. The minimum Gasteiger partial charge on any atom is -0.493 e. The van der Waals surface area contributed by atoms with E-state index in [0.717, 1.165) is 16.9 Å². The van der Waals surface area contributed by atoms with Crippen LogP contribution in [-0.2, 0) is 0 Å². The third-order valence-electron chi connectivity index (χ3n) is 2.44. The molecule has 0 aliphatic carbocycles. The summed E-state index contributed by atoms with van der Waals surface area (Å²) in [6, 6.07) is 5.10. The molecule has 2 N–H and O–H groups in total. The maximum absolute atomic E-state index is 11.3. The second-order valence-corrected chi connectivity index (χ2v) is 4.55. The van der Waals surface area contributed by atoms with Gasteiger partial charge in [0.05, 0.1) is 11.8 Å². The van der Waals surface area contributed by atoms with Gasteiger partial charge in [-0.15, -0.1) is 0 Å². The van der Waals surface area contributed by atoms with Gasteiger partial charge in [-0.3, -0.25) is 0 Å². The molecule has 0 spiro atoms. The summed E-state index contributed by atoms with van der Waals surface area (Å²) in [5.41, 5.74) is 7.24. The zero-order chi connectivity index (χ0) is 12.7. The molecule has 0 bridgehead atoms. The van der Waals surface area contributed by atoms with E-state index in [1.165, 1.54) is 7.11 Å².